The predicted octanol–water partition coefficient (Wildman–Crippen LogP) is 3.39. The monoisotopic (exact) mass is 244 g/mol. The summed E-state index contributed by atoms with van der Waals surface area (Å²) in [5.74, 6) is 0.703. The van der Waals surface area contributed by atoms with E-state index in [0.29, 0.717) is 12.5 Å². The molecule has 0 spiro atoms. The standard InChI is InChI=1S/C14H28O3/c1-12(2)7-6-8-13(3)9-10-17-11-14(15-4)16-5/h7,13-14H,6,8-11H2,1-5H3. The van der Waals surface area contributed by atoms with Gasteiger partial charge in [0, 0.05) is 20.8 Å². The Morgan fingerprint density at radius 1 is 1.12 bits per heavy atom. The third-order valence-electron chi connectivity index (χ3n) is 2.75. The minimum absolute atomic E-state index is 0.240. The van der Waals surface area contributed by atoms with Crippen molar-refractivity contribution < 1.29 is 14.2 Å². The van der Waals surface area contributed by atoms with Crippen LogP contribution in [0.15, 0.2) is 11.6 Å². The van der Waals surface area contributed by atoms with Gasteiger partial charge in [-0.1, -0.05) is 18.6 Å². The van der Waals surface area contributed by atoms with E-state index in [1.54, 1.807) is 14.2 Å². The van der Waals surface area contributed by atoms with Gasteiger partial charge >= 0.3 is 0 Å². The predicted molar refractivity (Wildman–Crippen MR) is 71.1 cm³/mol. The van der Waals surface area contributed by atoms with Crippen molar-refractivity contribution in [2.45, 2.75) is 46.3 Å². The second kappa shape index (κ2) is 10.8. The van der Waals surface area contributed by atoms with Crippen LogP contribution in [-0.4, -0.2) is 33.7 Å². The normalized spacial score (nSPS) is 12.8. The number of ether oxygens (including phenoxy) is 3. The molecule has 0 aromatic heterocycles. The lowest BCUT2D eigenvalue weighted by Gasteiger charge is -2.15. The van der Waals surface area contributed by atoms with Gasteiger partial charge in [0.1, 0.15) is 0 Å². The maximum absolute atomic E-state index is 5.51. The van der Waals surface area contributed by atoms with Crippen molar-refractivity contribution in [2.24, 2.45) is 5.92 Å². The molecule has 0 aromatic rings. The molecule has 0 heterocycles. The Bertz CT molecular complexity index is 194. The molecule has 0 saturated heterocycles. The number of allylic oxidation sites excluding steroid dienone is 2. The van der Waals surface area contributed by atoms with Gasteiger partial charge in [-0.25, -0.2) is 0 Å². The van der Waals surface area contributed by atoms with E-state index in [9.17, 15) is 0 Å². The van der Waals surface area contributed by atoms with Crippen LogP contribution in [0.4, 0.5) is 0 Å². The molecule has 1 atom stereocenters. The van der Waals surface area contributed by atoms with Crippen molar-refractivity contribution in [3.63, 3.8) is 0 Å². The molecule has 0 aromatic carbocycles. The summed E-state index contributed by atoms with van der Waals surface area (Å²) in [7, 11) is 3.25. The zero-order chi connectivity index (χ0) is 13.1. The third-order valence-corrected chi connectivity index (χ3v) is 2.75. The molecule has 0 aliphatic heterocycles. The van der Waals surface area contributed by atoms with E-state index in [4.69, 9.17) is 14.2 Å². The van der Waals surface area contributed by atoms with Gasteiger partial charge in [-0.15, -0.1) is 0 Å². The Balaban J connectivity index is 3.44. The van der Waals surface area contributed by atoms with Gasteiger partial charge < -0.3 is 14.2 Å². The fourth-order valence-electron chi connectivity index (χ4n) is 1.50. The van der Waals surface area contributed by atoms with E-state index >= 15 is 0 Å². The molecular formula is C14H28O3. The summed E-state index contributed by atoms with van der Waals surface area (Å²) in [4.78, 5) is 0. The average Bonchev–Trinajstić information content (AvgIpc) is 2.29. The highest BCUT2D eigenvalue weighted by atomic mass is 16.7. The summed E-state index contributed by atoms with van der Waals surface area (Å²) in [6.45, 7) is 7.84. The number of rotatable bonds is 10. The molecule has 0 aliphatic carbocycles. The number of methoxy groups -OCH3 is 2. The highest BCUT2D eigenvalue weighted by molar-refractivity contribution is 4.92. The molecule has 3 heteroatoms. The molecule has 0 radical (unpaired) electrons. The number of hydrogen-bond acceptors (Lipinski definition) is 3. The van der Waals surface area contributed by atoms with E-state index in [1.165, 1.54) is 18.4 Å². The van der Waals surface area contributed by atoms with Crippen LogP contribution in [0.2, 0.25) is 0 Å². The van der Waals surface area contributed by atoms with Crippen LogP contribution in [0.3, 0.4) is 0 Å². The summed E-state index contributed by atoms with van der Waals surface area (Å²) in [6.07, 6.45) is 5.55. The second-order valence-electron chi connectivity index (χ2n) is 4.73. The Hall–Kier alpha value is -0.380. The minimum Gasteiger partial charge on any atom is -0.376 e. The lowest BCUT2D eigenvalue weighted by atomic mass is 10.0. The second-order valence-corrected chi connectivity index (χ2v) is 4.73. The van der Waals surface area contributed by atoms with Crippen molar-refractivity contribution in [2.75, 3.05) is 27.4 Å². The van der Waals surface area contributed by atoms with Gasteiger partial charge in [0.2, 0.25) is 0 Å². The molecule has 0 rings (SSSR count). The van der Waals surface area contributed by atoms with Gasteiger partial charge in [0.25, 0.3) is 0 Å². The van der Waals surface area contributed by atoms with E-state index in [2.05, 4.69) is 26.8 Å². The smallest absolute Gasteiger partial charge is 0.180 e. The van der Waals surface area contributed by atoms with Crippen molar-refractivity contribution in [1.29, 1.82) is 0 Å². The zero-order valence-corrected chi connectivity index (χ0v) is 12.0. The van der Waals surface area contributed by atoms with Crippen LogP contribution in [-0.2, 0) is 14.2 Å². The maximum Gasteiger partial charge on any atom is 0.180 e. The van der Waals surface area contributed by atoms with Gasteiger partial charge in [0.15, 0.2) is 6.29 Å². The summed E-state index contributed by atoms with van der Waals surface area (Å²) in [5.41, 5.74) is 1.40. The fraction of sp³-hybridized carbons (Fsp3) is 0.857. The quantitative estimate of drug-likeness (QED) is 0.335. The van der Waals surface area contributed by atoms with Crippen molar-refractivity contribution >= 4 is 0 Å². The average molecular weight is 244 g/mol. The van der Waals surface area contributed by atoms with Crippen LogP contribution in [0, 0.1) is 5.92 Å². The van der Waals surface area contributed by atoms with E-state index in [1.807, 2.05) is 0 Å². The number of hydrogen-bond donors (Lipinski definition) is 0. The summed E-state index contributed by atoms with van der Waals surface area (Å²) >= 11 is 0. The lowest BCUT2D eigenvalue weighted by molar-refractivity contribution is -0.140. The van der Waals surface area contributed by atoms with E-state index in [0.717, 1.165) is 13.0 Å². The van der Waals surface area contributed by atoms with Crippen LogP contribution in [0.1, 0.15) is 40.0 Å². The molecule has 102 valence electrons. The Kier molecular flexibility index (Phi) is 10.5. The van der Waals surface area contributed by atoms with Crippen molar-refractivity contribution in [3.8, 4) is 0 Å². The minimum atomic E-state index is -0.240. The molecule has 3 nitrogen and oxygen atoms in total. The first-order valence-electron chi connectivity index (χ1n) is 6.36. The first kappa shape index (κ1) is 16.6. The Morgan fingerprint density at radius 3 is 2.29 bits per heavy atom. The summed E-state index contributed by atoms with van der Waals surface area (Å²) < 4.78 is 15.6. The highest BCUT2D eigenvalue weighted by Crippen LogP contribution is 2.11. The SMILES string of the molecule is COC(COCCC(C)CCC=C(C)C)OC. The first-order valence-corrected chi connectivity index (χ1v) is 6.36. The van der Waals surface area contributed by atoms with Gasteiger partial charge in [-0.2, -0.15) is 0 Å². The molecule has 1 unspecified atom stereocenters. The topological polar surface area (TPSA) is 27.7 Å². The molecule has 0 fully saturated rings. The summed E-state index contributed by atoms with van der Waals surface area (Å²) in [6, 6.07) is 0. The molecular weight excluding hydrogens is 216 g/mol. The molecule has 0 bridgehead atoms. The molecule has 0 saturated carbocycles. The highest BCUT2D eigenvalue weighted by Gasteiger charge is 2.05. The largest absolute Gasteiger partial charge is 0.376 e. The van der Waals surface area contributed by atoms with E-state index < -0.39 is 0 Å². The van der Waals surface area contributed by atoms with Gasteiger partial charge in [-0.05, 0) is 39.0 Å². The molecule has 0 aliphatic rings. The van der Waals surface area contributed by atoms with Crippen molar-refractivity contribution in [3.05, 3.63) is 11.6 Å². The van der Waals surface area contributed by atoms with Crippen LogP contribution in [0.5, 0.6) is 0 Å². The lowest BCUT2D eigenvalue weighted by Crippen LogP contribution is -2.20. The first-order chi connectivity index (χ1) is 8.10. The van der Waals surface area contributed by atoms with E-state index in [-0.39, 0.29) is 6.29 Å². The zero-order valence-electron chi connectivity index (χ0n) is 12.0. The van der Waals surface area contributed by atoms with Crippen LogP contribution < -0.4 is 0 Å². The van der Waals surface area contributed by atoms with Gasteiger partial charge in [-0.3, -0.25) is 0 Å². The van der Waals surface area contributed by atoms with Crippen molar-refractivity contribution in [1.82, 2.24) is 0 Å². The fourth-order valence-corrected chi connectivity index (χ4v) is 1.50. The molecule has 0 amide bonds. The van der Waals surface area contributed by atoms with Gasteiger partial charge in [0.05, 0.1) is 6.61 Å². The molecule has 0 N–H and O–H groups in total. The maximum atomic E-state index is 5.51. The van der Waals surface area contributed by atoms with Crippen LogP contribution in [0.25, 0.3) is 0 Å². The Morgan fingerprint density at radius 2 is 1.76 bits per heavy atom. The third kappa shape index (κ3) is 10.5. The Labute approximate surface area is 106 Å². The van der Waals surface area contributed by atoms with Crippen LogP contribution >= 0.6 is 0 Å². The summed E-state index contributed by atoms with van der Waals surface area (Å²) in [5, 5.41) is 0. The molecule has 17 heavy (non-hydrogen) atoms.